The van der Waals surface area contributed by atoms with Crippen molar-refractivity contribution >= 4 is 38.4 Å². The molecule has 0 saturated heterocycles. The number of benzene rings is 1. The van der Waals surface area contributed by atoms with Crippen molar-refractivity contribution in [2.75, 3.05) is 6.54 Å². The van der Waals surface area contributed by atoms with Gasteiger partial charge in [0.15, 0.2) is 9.84 Å². The molecule has 1 unspecified atom stereocenters. The normalized spacial score (nSPS) is 17.0. The van der Waals surface area contributed by atoms with Crippen molar-refractivity contribution in [2.24, 2.45) is 0 Å². The number of halogens is 1. The van der Waals surface area contributed by atoms with E-state index in [-0.39, 0.29) is 17.3 Å². The number of rotatable bonds is 7. The topological polar surface area (TPSA) is 63.2 Å². The summed E-state index contributed by atoms with van der Waals surface area (Å²) in [6.45, 7) is -0.0216. The first-order chi connectivity index (χ1) is 14.4. The Morgan fingerprint density at radius 2 is 1.70 bits per heavy atom. The maximum Gasteiger partial charge on any atom is 0.231 e. The number of carbonyl (C=O) groups is 1. The van der Waals surface area contributed by atoms with Crippen LogP contribution in [0.4, 0.5) is 4.39 Å². The first-order valence-electron chi connectivity index (χ1n) is 9.79. The zero-order chi connectivity index (χ0) is 21.2. The molecule has 0 aliphatic heterocycles. The SMILES string of the molecule is O=C(NCC(c1cccs1)S(=O)(=O)c1ccc(F)cc1)C1(c2cccs2)CCCC1. The molecular formula is C22H22FNO3S3. The number of hydrogen-bond donors (Lipinski definition) is 1. The molecule has 30 heavy (non-hydrogen) atoms. The highest BCUT2D eigenvalue weighted by Crippen LogP contribution is 2.43. The summed E-state index contributed by atoms with van der Waals surface area (Å²) in [5.41, 5.74) is -0.576. The van der Waals surface area contributed by atoms with Crippen LogP contribution in [-0.2, 0) is 20.0 Å². The van der Waals surface area contributed by atoms with E-state index in [2.05, 4.69) is 5.32 Å². The number of thiophene rings is 2. The second-order valence-electron chi connectivity index (χ2n) is 7.48. The summed E-state index contributed by atoms with van der Waals surface area (Å²) in [5, 5.41) is 5.81. The van der Waals surface area contributed by atoms with Crippen molar-refractivity contribution in [2.45, 2.75) is 41.2 Å². The van der Waals surface area contributed by atoms with Crippen molar-refractivity contribution in [3.8, 4) is 0 Å². The van der Waals surface area contributed by atoms with Crippen LogP contribution < -0.4 is 5.32 Å². The van der Waals surface area contributed by atoms with E-state index in [1.54, 1.807) is 23.5 Å². The molecule has 0 spiro atoms. The summed E-state index contributed by atoms with van der Waals surface area (Å²) in [4.78, 5) is 15.0. The van der Waals surface area contributed by atoms with E-state index < -0.39 is 26.3 Å². The Hall–Kier alpha value is -2.03. The average Bonchev–Trinajstić information content (AvgIpc) is 3.50. The summed E-state index contributed by atoms with van der Waals surface area (Å²) >= 11 is 2.90. The van der Waals surface area contributed by atoms with Gasteiger partial charge in [0.05, 0.1) is 10.3 Å². The van der Waals surface area contributed by atoms with Gasteiger partial charge in [-0.3, -0.25) is 4.79 Å². The minimum Gasteiger partial charge on any atom is -0.354 e. The molecule has 158 valence electrons. The fraction of sp³-hybridized carbons (Fsp3) is 0.318. The molecule has 2 heterocycles. The molecule has 2 aromatic heterocycles. The van der Waals surface area contributed by atoms with E-state index in [0.717, 1.165) is 42.7 Å². The molecule has 1 atom stereocenters. The molecule has 1 saturated carbocycles. The van der Waals surface area contributed by atoms with Gasteiger partial charge in [0.1, 0.15) is 11.1 Å². The van der Waals surface area contributed by atoms with Gasteiger partial charge in [-0.2, -0.15) is 0 Å². The van der Waals surface area contributed by atoms with Crippen molar-refractivity contribution in [3.05, 3.63) is 74.9 Å². The van der Waals surface area contributed by atoms with Crippen molar-refractivity contribution in [3.63, 3.8) is 0 Å². The Kier molecular flexibility index (Phi) is 6.09. The van der Waals surface area contributed by atoms with E-state index in [1.807, 2.05) is 22.9 Å². The highest BCUT2D eigenvalue weighted by molar-refractivity contribution is 7.91. The second-order valence-corrected chi connectivity index (χ2v) is 11.5. The first kappa shape index (κ1) is 21.2. The number of nitrogens with one attached hydrogen (secondary N) is 1. The lowest BCUT2D eigenvalue weighted by molar-refractivity contribution is -0.126. The maximum atomic E-state index is 13.3. The van der Waals surface area contributed by atoms with E-state index >= 15 is 0 Å². The molecule has 4 rings (SSSR count). The smallest absolute Gasteiger partial charge is 0.231 e. The second kappa shape index (κ2) is 8.61. The molecule has 0 radical (unpaired) electrons. The van der Waals surface area contributed by atoms with Gasteiger partial charge in [-0.1, -0.05) is 25.0 Å². The Morgan fingerprint density at radius 3 is 2.30 bits per heavy atom. The van der Waals surface area contributed by atoms with E-state index in [1.165, 1.54) is 23.5 Å². The third kappa shape index (κ3) is 3.96. The van der Waals surface area contributed by atoms with E-state index in [0.29, 0.717) is 4.88 Å². The third-order valence-corrected chi connectivity index (χ3v) is 10.0. The number of carbonyl (C=O) groups excluding carboxylic acids is 1. The summed E-state index contributed by atoms with van der Waals surface area (Å²) in [7, 11) is -3.80. The molecule has 1 N–H and O–H groups in total. The van der Waals surface area contributed by atoms with Gasteiger partial charge in [0, 0.05) is 16.3 Å². The van der Waals surface area contributed by atoms with Gasteiger partial charge in [0.25, 0.3) is 0 Å². The summed E-state index contributed by atoms with van der Waals surface area (Å²) in [6.07, 6.45) is 3.50. The lowest BCUT2D eigenvalue weighted by Gasteiger charge is -2.28. The number of sulfone groups is 1. The minimum absolute atomic E-state index is 0.0216. The fourth-order valence-corrected chi connectivity index (χ4v) is 7.86. The first-order valence-corrected chi connectivity index (χ1v) is 13.1. The summed E-state index contributed by atoms with van der Waals surface area (Å²) < 4.78 is 39.9. The van der Waals surface area contributed by atoms with Crippen LogP contribution >= 0.6 is 22.7 Å². The van der Waals surface area contributed by atoms with Crippen LogP contribution in [0, 0.1) is 5.82 Å². The van der Waals surface area contributed by atoms with Crippen LogP contribution in [0.15, 0.2) is 64.2 Å². The van der Waals surface area contributed by atoms with Gasteiger partial charge in [-0.25, -0.2) is 12.8 Å². The van der Waals surface area contributed by atoms with E-state index in [4.69, 9.17) is 0 Å². The van der Waals surface area contributed by atoms with Crippen LogP contribution in [0.25, 0.3) is 0 Å². The molecule has 1 fully saturated rings. The van der Waals surface area contributed by atoms with Crippen molar-refractivity contribution < 1.29 is 17.6 Å². The molecule has 1 amide bonds. The molecule has 8 heteroatoms. The Balaban J connectivity index is 1.61. The predicted octanol–water partition coefficient (Wildman–Crippen LogP) is 5.09. The standard InChI is InChI=1S/C22H22FNO3S3/c23-16-7-9-17(10-8-16)30(26,27)19(18-5-3-13-28-18)15-24-21(25)22(11-1-2-12-22)20-6-4-14-29-20/h3-10,13-14,19H,1-2,11-12,15H2,(H,24,25). The molecule has 1 aromatic carbocycles. The fourth-order valence-electron chi connectivity index (χ4n) is 4.10. The van der Waals surface area contributed by atoms with Crippen LogP contribution in [0.1, 0.15) is 40.7 Å². The summed E-state index contributed by atoms with van der Waals surface area (Å²) in [6, 6.07) is 12.3. The van der Waals surface area contributed by atoms with Crippen LogP contribution in [-0.4, -0.2) is 20.9 Å². The minimum atomic E-state index is -3.80. The lowest BCUT2D eigenvalue weighted by atomic mass is 9.83. The molecule has 4 nitrogen and oxygen atoms in total. The Labute approximate surface area is 183 Å². The molecular weight excluding hydrogens is 441 g/mol. The molecule has 1 aliphatic carbocycles. The van der Waals surface area contributed by atoms with Gasteiger partial charge < -0.3 is 5.32 Å². The van der Waals surface area contributed by atoms with Gasteiger partial charge >= 0.3 is 0 Å². The van der Waals surface area contributed by atoms with Crippen molar-refractivity contribution in [1.29, 1.82) is 0 Å². The highest BCUT2D eigenvalue weighted by atomic mass is 32.2. The van der Waals surface area contributed by atoms with E-state index in [9.17, 15) is 17.6 Å². The highest BCUT2D eigenvalue weighted by Gasteiger charge is 2.44. The van der Waals surface area contributed by atoms with Gasteiger partial charge in [0.2, 0.25) is 5.91 Å². The van der Waals surface area contributed by atoms with Crippen molar-refractivity contribution in [1.82, 2.24) is 5.32 Å². The van der Waals surface area contributed by atoms with Crippen LogP contribution in [0.3, 0.4) is 0 Å². The third-order valence-electron chi connectivity index (χ3n) is 5.71. The Bertz CT molecular complexity index is 1090. The molecule has 0 bridgehead atoms. The summed E-state index contributed by atoms with van der Waals surface area (Å²) in [5.74, 6) is -0.604. The van der Waals surface area contributed by atoms with Gasteiger partial charge in [-0.15, -0.1) is 22.7 Å². The average molecular weight is 464 g/mol. The lowest BCUT2D eigenvalue weighted by Crippen LogP contribution is -2.44. The van der Waals surface area contributed by atoms with Crippen LogP contribution in [0.5, 0.6) is 0 Å². The van der Waals surface area contributed by atoms with Gasteiger partial charge in [-0.05, 0) is 60.0 Å². The zero-order valence-electron chi connectivity index (χ0n) is 16.2. The predicted molar refractivity (Wildman–Crippen MR) is 118 cm³/mol. The van der Waals surface area contributed by atoms with Crippen LogP contribution in [0.2, 0.25) is 0 Å². The number of hydrogen-bond acceptors (Lipinski definition) is 5. The Morgan fingerprint density at radius 1 is 1.03 bits per heavy atom. The molecule has 3 aromatic rings. The molecule has 1 aliphatic rings. The zero-order valence-corrected chi connectivity index (χ0v) is 18.7. The monoisotopic (exact) mass is 463 g/mol. The quantitative estimate of drug-likeness (QED) is 0.496. The largest absolute Gasteiger partial charge is 0.354 e. The number of amides is 1. The maximum absolute atomic E-state index is 13.3.